The highest BCUT2D eigenvalue weighted by molar-refractivity contribution is 6.31. The second-order valence-corrected chi connectivity index (χ2v) is 6.94. The summed E-state index contributed by atoms with van der Waals surface area (Å²) >= 11 is 11.6. The normalized spacial score (nSPS) is 13.0. The number of benzene rings is 2. The number of hydrogen-bond donors (Lipinski definition) is 1. The first kappa shape index (κ1) is 20.5. The number of rotatable bonds is 4. The maximum atomic E-state index is 13.6. The minimum absolute atomic E-state index is 0.0576. The molecule has 1 aromatic heterocycles. The van der Waals surface area contributed by atoms with Gasteiger partial charge in [0.25, 0.3) is 5.91 Å². The molecule has 1 unspecified atom stereocenters. The van der Waals surface area contributed by atoms with E-state index >= 15 is 0 Å². The number of carbonyl (C=O) groups is 1. The van der Waals surface area contributed by atoms with Crippen LogP contribution in [0.4, 0.5) is 17.6 Å². The summed E-state index contributed by atoms with van der Waals surface area (Å²) in [5, 5.41) is 2.64. The first-order chi connectivity index (χ1) is 13.1. The fourth-order valence-corrected chi connectivity index (χ4v) is 3.36. The van der Waals surface area contributed by atoms with Gasteiger partial charge in [0.15, 0.2) is 6.04 Å². The van der Waals surface area contributed by atoms with Crippen molar-refractivity contribution >= 4 is 40.0 Å². The van der Waals surface area contributed by atoms with E-state index in [0.717, 1.165) is 18.2 Å². The molecule has 0 aliphatic carbocycles. The Morgan fingerprint density at radius 2 is 1.86 bits per heavy atom. The maximum Gasteiger partial charge on any atom is 0.412 e. The number of hydrogen-bond acceptors (Lipinski definition) is 1. The van der Waals surface area contributed by atoms with E-state index < -0.39 is 29.0 Å². The van der Waals surface area contributed by atoms with Gasteiger partial charge in [0, 0.05) is 17.0 Å². The van der Waals surface area contributed by atoms with Crippen LogP contribution in [0, 0.1) is 5.82 Å². The molecule has 3 aromatic rings. The van der Waals surface area contributed by atoms with Crippen molar-refractivity contribution in [3.8, 4) is 0 Å². The number of nitrogens with zero attached hydrogens (tertiary/aromatic N) is 1. The number of aromatic nitrogens is 1. The van der Waals surface area contributed by atoms with Crippen molar-refractivity contribution in [3.05, 3.63) is 69.6 Å². The smallest absolute Gasteiger partial charge is 0.337 e. The monoisotopic (exact) mass is 432 g/mol. The molecule has 0 aliphatic rings. The molecule has 0 saturated heterocycles. The highest BCUT2D eigenvalue weighted by atomic mass is 35.5. The predicted molar refractivity (Wildman–Crippen MR) is 100 cm³/mol. The van der Waals surface area contributed by atoms with Crippen molar-refractivity contribution < 1.29 is 22.4 Å². The molecule has 3 rings (SSSR count). The molecule has 9 heteroatoms. The van der Waals surface area contributed by atoms with Crippen LogP contribution in [0.3, 0.4) is 0 Å². The van der Waals surface area contributed by atoms with Gasteiger partial charge in [0.2, 0.25) is 0 Å². The quantitative estimate of drug-likeness (QED) is 0.493. The lowest BCUT2D eigenvalue weighted by Crippen LogP contribution is -2.38. The van der Waals surface area contributed by atoms with E-state index in [1.807, 2.05) is 5.32 Å². The zero-order valence-electron chi connectivity index (χ0n) is 14.4. The van der Waals surface area contributed by atoms with E-state index in [-0.39, 0.29) is 11.3 Å². The van der Waals surface area contributed by atoms with E-state index in [4.69, 9.17) is 23.2 Å². The topological polar surface area (TPSA) is 34.0 Å². The minimum Gasteiger partial charge on any atom is -0.337 e. The van der Waals surface area contributed by atoms with Crippen LogP contribution < -0.4 is 5.32 Å². The van der Waals surface area contributed by atoms with Gasteiger partial charge < -0.3 is 9.88 Å². The predicted octanol–water partition coefficient (Wildman–Crippen LogP) is 6.14. The lowest BCUT2D eigenvalue weighted by atomic mass is 10.1. The third kappa shape index (κ3) is 3.95. The van der Waals surface area contributed by atoms with Gasteiger partial charge in [-0.25, -0.2) is 4.39 Å². The molecule has 0 bridgehead atoms. The van der Waals surface area contributed by atoms with Crippen molar-refractivity contribution in [1.29, 1.82) is 0 Å². The van der Waals surface area contributed by atoms with Crippen molar-refractivity contribution in [2.45, 2.75) is 25.7 Å². The molecular formula is C19H14Cl2F4N2O. The van der Waals surface area contributed by atoms with Crippen LogP contribution in [-0.2, 0) is 6.54 Å². The summed E-state index contributed by atoms with van der Waals surface area (Å²) in [4.78, 5) is 12.7. The molecule has 0 saturated carbocycles. The van der Waals surface area contributed by atoms with Crippen LogP contribution in [0.5, 0.6) is 0 Å². The summed E-state index contributed by atoms with van der Waals surface area (Å²) in [5.74, 6) is -1.77. The van der Waals surface area contributed by atoms with Gasteiger partial charge in [0.05, 0.1) is 10.5 Å². The van der Waals surface area contributed by atoms with Crippen LogP contribution in [0.25, 0.3) is 10.9 Å². The third-order valence-electron chi connectivity index (χ3n) is 4.29. The summed E-state index contributed by atoms with van der Waals surface area (Å²) in [6, 6.07) is 6.72. The number of amides is 1. The van der Waals surface area contributed by atoms with Crippen LogP contribution >= 0.6 is 23.2 Å². The first-order valence-corrected chi connectivity index (χ1v) is 8.98. The fraction of sp³-hybridized carbons (Fsp3) is 0.211. The van der Waals surface area contributed by atoms with Gasteiger partial charge in [-0.15, -0.1) is 0 Å². The maximum absolute atomic E-state index is 13.6. The summed E-state index contributed by atoms with van der Waals surface area (Å²) in [6.45, 7) is 2.11. The van der Waals surface area contributed by atoms with Gasteiger partial charge >= 0.3 is 6.18 Å². The summed E-state index contributed by atoms with van der Waals surface area (Å²) < 4.78 is 55.6. The van der Waals surface area contributed by atoms with Crippen LogP contribution in [0.1, 0.15) is 29.0 Å². The van der Waals surface area contributed by atoms with Crippen LogP contribution in [-0.4, -0.2) is 16.7 Å². The Bertz CT molecular complexity index is 1050. The largest absolute Gasteiger partial charge is 0.412 e. The second kappa shape index (κ2) is 7.64. The Labute approximate surface area is 167 Å². The Morgan fingerprint density at radius 3 is 2.46 bits per heavy atom. The average molecular weight is 433 g/mol. The molecule has 1 atom stereocenters. The number of fused-ring (bicyclic) bond motifs is 1. The SMILES string of the molecule is CCn1c(C(=O)NC(c2ccc(F)c(Cl)c2)C(F)(F)F)cc2ccc(Cl)cc21. The molecule has 3 nitrogen and oxygen atoms in total. The fourth-order valence-electron chi connectivity index (χ4n) is 3.01. The Kier molecular flexibility index (Phi) is 5.59. The molecule has 1 N–H and O–H groups in total. The molecular weight excluding hydrogens is 419 g/mol. The third-order valence-corrected chi connectivity index (χ3v) is 4.82. The Balaban J connectivity index is 2.01. The number of carbonyl (C=O) groups excluding carboxylic acids is 1. The number of nitrogens with one attached hydrogen (secondary N) is 1. The standard InChI is InChI=1S/C19H14Cl2F4N2O/c1-2-27-15-9-12(20)5-3-10(15)8-16(27)18(28)26-17(19(23,24)25)11-4-6-14(22)13(21)7-11/h3-9,17H,2H2,1H3,(H,26,28). The number of halogens is 6. The van der Waals surface area contributed by atoms with E-state index in [2.05, 4.69) is 0 Å². The molecule has 2 aromatic carbocycles. The van der Waals surface area contributed by atoms with Crippen molar-refractivity contribution in [3.63, 3.8) is 0 Å². The van der Waals surface area contributed by atoms with Gasteiger partial charge in [0.1, 0.15) is 11.5 Å². The summed E-state index contributed by atoms with van der Waals surface area (Å²) in [6.07, 6.45) is -4.80. The second-order valence-electron chi connectivity index (χ2n) is 6.10. The van der Waals surface area contributed by atoms with Gasteiger partial charge in [-0.3, -0.25) is 4.79 Å². The average Bonchev–Trinajstić information content (AvgIpc) is 2.98. The number of alkyl halides is 3. The van der Waals surface area contributed by atoms with Crippen molar-refractivity contribution in [2.75, 3.05) is 0 Å². The molecule has 148 valence electrons. The van der Waals surface area contributed by atoms with Gasteiger partial charge in [-0.05, 0) is 42.8 Å². The molecule has 1 heterocycles. The van der Waals surface area contributed by atoms with Crippen molar-refractivity contribution in [1.82, 2.24) is 9.88 Å². The Morgan fingerprint density at radius 1 is 1.14 bits per heavy atom. The van der Waals surface area contributed by atoms with E-state index in [9.17, 15) is 22.4 Å². The molecule has 0 spiro atoms. The highest BCUT2D eigenvalue weighted by Crippen LogP contribution is 2.35. The molecule has 1 amide bonds. The highest BCUT2D eigenvalue weighted by Gasteiger charge is 2.42. The number of aryl methyl sites for hydroxylation is 1. The minimum atomic E-state index is -4.80. The van der Waals surface area contributed by atoms with Gasteiger partial charge in [-0.2, -0.15) is 13.2 Å². The van der Waals surface area contributed by atoms with Crippen LogP contribution in [0.2, 0.25) is 10.0 Å². The molecule has 0 fully saturated rings. The van der Waals surface area contributed by atoms with E-state index in [1.165, 1.54) is 6.07 Å². The zero-order valence-corrected chi connectivity index (χ0v) is 16.0. The molecule has 0 aliphatic heterocycles. The van der Waals surface area contributed by atoms with Gasteiger partial charge in [-0.1, -0.05) is 35.3 Å². The van der Waals surface area contributed by atoms with Crippen LogP contribution in [0.15, 0.2) is 42.5 Å². The lowest BCUT2D eigenvalue weighted by Gasteiger charge is -2.22. The molecule has 0 radical (unpaired) electrons. The Hall–Kier alpha value is -2.25. The summed E-state index contributed by atoms with van der Waals surface area (Å²) in [5.41, 5.74) is 0.324. The summed E-state index contributed by atoms with van der Waals surface area (Å²) in [7, 11) is 0. The molecule has 28 heavy (non-hydrogen) atoms. The van der Waals surface area contributed by atoms with Crippen molar-refractivity contribution in [2.24, 2.45) is 0 Å². The van der Waals surface area contributed by atoms with E-state index in [1.54, 1.807) is 29.7 Å². The lowest BCUT2D eigenvalue weighted by molar-refractivity contribution is -0.155. The van der Waals surface area contributed by atoms with E-state index in [0.29, 0.717) is 22.5 Å². The first-order valence-electron chi connectivity index (χ1n) is 8.23. The zero-order chi connectivity index (χ0) is 20.6.